The summed E-state index contributed by atoms with van der Waals surface area (Å²) in [4.78, 5) is 18.5. The number of anilines is 1. The number of nitrogens with one attached hydrogen (secondary N) is 1. The highest BCUT2D eigenvalue weighted by molar-refractivity contribution is 5.85. The van der Waals surface area contributed by atoms with Crippen molar-refractivity contribution in [2.75, 3.05) is 25.6 Å². The molecule has 4 rings (SSSR count). The van der Waals surface area contributed by atoms with Crippen molar-refractivity contribution in [2.45, 2.75) is 0 Å². The van der Waals surface area contributed by atoms with Crippen molar-refractivity contribution >= 4 is 28.7 Å². The highest BCUT2D eigenvalue weighted by Gasteiger charge is 2.07. The number of hydrogen-bond donors (Lipinski definition) is 1. The van der Waals surface area contributed by atoms with Crippen LogP contribution >= 0.6 is 0 Å². The van der Waals surface area contributed by atoms with Crippen molar-refractivity contribution in [3.8, 4) is 11.4 Å². The summed E-state index contributed by atoms with van der Waals surface area (Å²) in [6, 6.07) is 21.5. The molecule has 0 aliphatic heterocycles. The van der Waals surface area contributed by atoms with Crippen molar-refractivity contribution in [3.63, 3.8) is 0 Å². The van der Waals surface area contributed by atoms with Gasteiger partial charge in [0.05, 0.1) is 11.9 Å². The first-order chi connectivity index (χ1) is 15.1. The molecule has 0 saturated heterocycles. The Morgan fingerprint density at radius 1 is 1.10 bits per heavy atom. The number of hydrazone groups is 1. The van der Waals surface area contributed by atoms with Crippen molar-refractivity contribution in [2.24, 2.45) is 5.10 Å². The summed E-state index contributed by atoms with van der Waals surface area (Å²) in [6.07, 6.45) is 5.25. The van der Waals surface area contributed by atoms with E-state index < -0.39 is 0 Å². The lowest BCUT2D eigenvalue weighted by Crippen LogP contribution is -2.24. The summed E-state index contributed by atoms with van der Waals surface area (Å²) in [5.74, 6) is 0.213. The lowest BCUT2D eigenvalue weighted by Gasteiger charge is -2.13. The second kappa shape index (κ2) is 9.13. The highest BCUT2D eigenvalue weighted by Crippen LogP contribution is 2.22. The zero-order valence-electron chi connectivity index (χ0n) is 17.4. The molecule has 156 valence electrons. The first-order valence-corrected chi connectivity index (χ1v) is 9.85. The van der Waals surface area contributed by atoms with Crippen LogP contribution in [0.15, 0.2) is 84.2 Å². The summed E-state index contributed by atoms with van der Waals surface area (Å²) in [5.41, 5.74) is 6.21. The number of pyridine rings is 1. The second-order valence-electron chi connectivity index (χ2n) is 7.13. The number of benzene rings is 2. The van der Waals surface area contributed by atoms with Gasteiger partial charge >= 0.3 is 0 Å². The Balaban J connectivity index is 1.37. The average molecular weight is 413 g/mol. The van der Waals surface area contributed by atoms with E-state index in [0.29, 0.717) is 5.75 Å². The molecule has 0 fully saturated rings. The second-order valence-corrected chi connectivity index (χ2v) is 7.13. The van der Waals surface area contributed by atoms with Gasteiger partial charge in [-0.25, -0.2) is 5.43 Å². The Kier molecular flexibility index (Phi) is 5.93. The number of ether oxygens (including phenoxy) is 1. The van der Waals surface area contributed by atoms with Gasteiger partial charge in [-0.15, -0.1) is 0 Å². The molecule has 2 heterocycles. The number of carbonyl (C=O) groups excluding carboxylic acids is 1. The summed E-state index contributed by atoms with van der Waals surface area (Å²) in [7, 11) is 4.01. The van der Waals surface area contributed by atoms with E-state index in [9.17, 15) is 4.79 Å². The van der Waals surface area contributed by atoms with Gasteiger partial charge in [-0.3, -0.25) is 9.78 Å². The standard InChI is InChI=1S/C24H23N5O2/c1-28(2)19-10-12-20(13-11-19)29-15-5-8-21(29)16-26-27-23(30)17-31-22-9-3-6-18-7-4-14-25-24(18)22/h3-16H,17H2,1-2H3,(H,27,30)/b26-16-. The van der Waals surface area contributed by atoms with Gasteiger partial charge in [-0.05, 0) is 48.5 Å². The normalized spacial score (nSPS) is 11.0. The van der Waals surface area contributed by atoms with Crippen LogP contribution in [0.4, 0.5) is 5.69 Å². The van der Waals surface area contributed by atoms with Gasteiger partial charge in [0.25, 0.3) is 5.91 Å². The fourth-order valence-electron chi connectivity index (χ4n) is 3.18. The molecule has 0 bridgehead atoms. The first-order valence-electron chi connectivity index (χ1n) is 9.85. The molecular weight excluding hydrogens is 390 g/mol. The number of aromatic nitrogens is 2. The van der Waals surface area contributed by atoms with E-state index in [0.717, 1.165) is 28.0 Å². The summed E-state index contributed by atoms with van der Waals surface area (Å²) in [6.45, 7) is -0.153. The van der Waals surface area contributed by atoms with E-state index in [1.807, 2.05) is 78.3 Å². The van der Waals surface area contributed by atoms with Crippen LogP contribution in [-0.2, 0) is 4.79 Å². The van der Waals surface area contributed by atoms with Crippen LogP contribution < -0.4 is 15.1 Å². The van der Waals surface area contributed by atoms with Crippen LogP contribution in [0, 0.1) is 0 Å². The average Bonchev–Trinajstić information content (AvgIpc) is 3.26. The van der Waals surface area contributed by atoms with Crippen molar-refractivity contribution < 1.29 is 9.53 Å². The van der Waals surface area contributed by atoms with E-state index >= 15 is 0 Å². The molecule has 0 aliphatic rings. The SMILES string of the molecule is CN(C)c1ccc(-n2cccc2/C=N\NC(=O)COc2cccc3cccnc23)cc1. The molecule has 0 unspecified atom stereocenters. The molecule has 2 aromatic heterocycles. The fourth-order valence-corrected chi connectivity index (χ4v) is 3.18. The summed E-state index contributed by atoms with van der Waals surface area (Å²) >= 11 is 0. The van der Waals surface area contributed by atoms with E-state index in [1.165, 1.54) is 0 Å². The zero-order chi connectivity index (χ0) is 21.6. The topological polar surface area (TPSA) is 71.8 Å². The smallest absolute Gasteiger partial charge is 0.277 e. The predicted molar refractivity (Wildman–Crippen MR) is 123 cm³/mol. The highest BCUT2D eigenvalue weighted by atomic mass is 16.5. The van der Waals surface area contributed by atoms with Gasteiger partial charge in [0, 0.05) is 43.3 Å². The van der Waals surface area contributed by atoms with Gasteiger partial charge in [-0.1, -0.05) is 18.2 Å². The Bertz CT molecular complexity index is 1210. The van der Waals surface area contributed by atoms with Crippen LogP contribution in [0.5, 0.6) is 5.75 Å². The van der Waals surface area contributed by atoms with Gasteiger partial charge in [-0.2, -0.15) is 5.10 Å². The molecule has 0 spiro atoms. The first kappa shape index (κ1) is 20.2. The molecule has 0 aliphatic carbocycles. The molecule has 1 N–H and O–H groups in total. The quantitative estimate of drug-likeness (QED) is 0.371. The van der Waals surface area contributed by atoms with Crippen molar-refractivity contribution in [3.05, 3.63) is 84.8 Å². The van der Waals surface area contributed by atoms with Crippen molar-refractivity contribution in [1.29, 1.82) is 0 Å². The van der Waals surface area contributed by atoms with Crippen LogP contribution in [0.3, 0.4) is 0 Å². The third-order valence-electron chi connectivity index (χ3n) is 4.77. The molecule has 0 saturated carbocycles. The van der Waals surface area contributed by atoms with E-state index in [-0.39, 0.29) is 12.5 Å². The minimum Gasteiger partial charge on any atom is -0.481 e. The monoisotopic (exact) mass is 413 g/mol. The predicted octanol–water partition coefficient (Wildman–Crippen LogP) is 3.62. The van der Waals surface area contributed by atoms with Gasteiger partial charge in [0.15, 0.2) is 6.61 Å². The largest absolute Gasteiger partial charge is 0.481 e. The maximum absolute atomic E-state index is 12.2. The number of hydrogen-bond acceptors (Lipinski definition) is 5. The van der Waals surface area contributed by atoms with Gasteiger partial charge in [0.1, 0.15) is 11.3 Å². The van der Waals surface area contributed by atoms with E-state index in [2.05, 4.69) is 27.6 Å². The maximum atomic E-state index is 12.2. The third kappa shape index (κ3) is 4.72. The number of rotatable bonds is 7. The molecule has 0 radical (unpaired) electrons. The lowest BCUT2D eigenvalue weighted by atomic mass is 10.2. The molecule has 7 nitrogen and oxygen atoms in total. The molecule has 1 amide bonds. The molecule has 7 heteroatoms. The number of para-hydroxylation sites is 1. The number of carbonyl (C=O) groups is 1. The van der Waals surface area contributed by atoms with Crippen LogP contribution in [0.25, 0.3) is 16.6 Å². The molecule has 4 aromatic rings. The van der Waals surface area contributed by atoms with Gasteiger partial charge < -0.3 is 14.2 Å². The third-order valence-corrected chi connectivity index (χ3v) is 4.77. The Hall–Kier alpha value is -4.13. The summed E-state index contributed by atoms with van der Waals surface area (Å²) in [5, 5.41) is 5.03. The fraction of sp³-hybridized carbons (Fsp3) is 0.125. The number of amides is 1. The number of nitrogens with zero attached hydrogens (tertiary/aromatic N) is 4. The number of fused-ring (bicyclic) bond motifs is 1. The van der Waals surface area contributed by atoms with E-state index in [4.69, 9.17) is 4.74 Å². The lowest BCUT2D eigenvalue weighted by molar-refractivity contribution is -0.123. The van der Waals surface area contributed by atoms with Crippen molar-refractivity contribution in [1.82, 2.24) is 15.0 Å². The molecule has 0 atom stereocenters. The Morgan fingerprint density at radius 3 is 2.71 bits per heavy atom. The Morgan fingerprint density at radius 2 is 1.90 bits per heavy atom. The molecular formula is C24H23N5O2. The molecule has 2 aromatic carbocycles. The minimum atomic E-state index is -0.349. The van der Waals surface area contributed by atoms with E-state index in [1.54, 1.807) is 18.5 Å². The zero-order valence-corrected chi connectivity index (χ0v) is 17.4. The van der Waals surface area contributed by atoms with Crippen LogP contribution in [0.2, 0.25) is 0 Å². The maximum Gasteiger partial charge on any atom is 0.277 e. The molecule has 31 heavy (non-hydrogen) atoms. The Labute approximate surface area is 180 Å². The van der Waals surface area contributed by atoms with Gasteiger partial charge in [0.2, 0.25) is 0 Å². The van der Waals surface area contributed by atoms with Crippen LogP contribution in [0.1, 0.15) is 5.69 Å². The summed E-state index contributed by atoms with van der Waals surface area (Å²) < 4.78 is 7.63. The minimum absolute atomic E-state index is 0.153. The van der Waals surface area contributed by atoms with Crippen LogP contribution in [-0.4, -0.2) is 42.4 Å².